The molecule has 3 aromatic rings. The van der Waals surface area contributed by atoms with Crippen LogP contribution in [0.15, 0.2) is 46.1 Å². The van der Waals surface area contributed by atoms with Crippen LogP contribution in [0.1, 0.15) is 25.6 Å². The number of hydrogen-bond donors (Lipinski definition) is 1. The molecule has 4 rings (SSSR count). The molecule has 0 bridgehead atoms. The maximum Gasteiger partial charge on any atom is 0.275 e. The van der Waals surface area contributed by atoms with E-state index < -0.39 is 6.04 Å². The second-order valence-corrected chi connectivity index (χ2v) is 7.07. The minimum Gasteiger partial charge on any atom is -0.340 e. The van der Waals surface area contributed by atoms with Gasteiger partial charge in [-0.15, -0.1) is 0 Å². The molecule has 0 aliphatic carbocycles. The summed E-state index contributed by atoms with van der Waals surface area (Å²) in [6, 6.07) is 8.35. The van der Waals surface area contributed by atoms with E-state index in [2.05, 4.69) is 31.8 Å². The molecule has 3 heterocycles. The van der Waals surface area contributed by atoms with Gasteiger partial charge in [0, 0.05) is 37.6 Å². The van der Waals surface area contributed by atoms with Crippen molar-refractivity contribution in [3.8, 4) is 0 Å². The van der Waals surface area contributed by atoms with Crippen LogP contribution in [0.4, 0.5) is 5.95 Å². The van der Waals surface area contributed by atoms with Gasteiger partial charge in [0.05, 0.1) is 23.3 Å². The standard InChI is InChI=1S/C20H24N6O2/c1-3-24-8-10-25(11-9-24)20-22-17(12-18(27)23-20)14(2)26-19(28)16-7-5-4-6-15(16)13-21-26/h4-7,12-14H,3,8-11H2,1-2H3,(H,22,23,27)/t14-/m1/s1. The molecule has 1 N–H and O–H groups in total. The van der Waals surface area contributed by atoms with Crippen LogP contribution in [-0.4, -0.2) is 57.4 Å². The predicted molar refractivity (Wildman–Crippen MR) is 109 cm³/mol. The highest BCUT2D eigenvalue weighted by Crippen LogP contribution is 2.17. The summed E-state index contributed by atoms with van der Waals surface area (Å²) in [5.74, 6) is 0.555. The molecule has 1 fully saturated rings. The Balaban J connectivity index is 1.68. The molecule has 0 saturated carbocycles. The fourth-order valence-corrected chi connectivity index (χ4v) is 3.61. The summed E-state index contributed by atoms with van der Waals surface area (Å²) in [4.78, 5) is 37.1. The average molecular weight is 380 g/mol. The summed E-state index contributed by atoms with van der Waals surface area (Å²) >= 11 is 0. The summed E-state index contributed by atoms with van der Waals surface area (Å²) in [6.45, 7) is 8.49. The number of H-pyrrole nitrogens is 1. The zero-order valence-corrected chi connectivity index (χ0v) is 16.1. The number of rotatable bonds is 4. The summed E-state index contributed by atoms with van der Waals surface area (Å²) in [5, 5.41) is 5.70. The van der Waals surface area contributed by atoms with Crippen molar-refractivity contribution < 1.29 is 0 Å². The summed E-state index contributed by atoms with van der Waals surface area (Å²) in [5.41, 5.74) is 0.117. The van der Waals surface area contributed by atoms with Crippen molar-refractivity contribution in [1.29, 1.82) is 0 Å². The van der Waals surface area contributed by atoms with Crippen molar-refractivity contribution in [1.82, 2.24) is 24.6 Å². The number of aromatic amines is 1. The van der Waals surface area contributed by atoms with E-state index >= 15 is 0 Å². The number of anilines is 1. The Morgan fingerprint density at radius 2 is 1.89 bits per heavy atom. The first-order valence-corrected chi connectivity index (χ1v) is 9.62. The van der Waals surface area contributed by atoms with Crippen molar-refractivity contribution in [3.63, 3.8) is 0 Å². The molecule has 1 aliphatic rings. The molecule has 1 aromatic carbocycles. The molecule has 1 saturated heterocycles. The summed E-state index contributed by atoms with van der Waals surface area (Å²) in [7, 11) is 0. The van der Waals surface area contributed by atoms with Crippen LogP contribution in [0.2, 0.25) is 0 Å². The number of nitrogens with zero attached hydrogens (tertiary/aromatic N) is 5. The monoisotopic (exact) mass is 380 g/mol. The molecule has 2 aromatic heterocycles. The minimum atomic E-state index is -0.449. The Morgan fingerprint density at radius 3 is 2.64 bits per heavy atom. The molecule has 0 unspecified atom stereocenters. The molecular formula is C20H24N6O2. The molecule has 0 radical (unpaired) electrons. The average Bonchev–Trinajstić information content (AvgIpc) is 2.73. The second kappa shape index (κ2) is 7.55. The van der Waals surface area contributed by atoms with E-state index in [1.807, 2.05) is 25.1 Å². The number of nitrogens with one attached hydrogen (secondary N) is 1. The molecule has 0 spiro atoms. The van der Waals surface area contributed by atoms with Crippen LogP contribution in [0.5, 0.6) is 0 Å². The van der Waals surface area contributed by atoms with E-state index in [1.165, 1.54) is 10.7 Å². The second-order valence-electron chi connectivity index (χ2n) is 7.07. The van der Waals surface area contributed by atoms with Gasteiger partial charge >= 0.3 is 0 Å². The minimum absolute atomic E-state index is 0.189. The van der Waals surface area contributed by atoms with Gasteiger partial charge in [-0.05, 0) is 19.5 Å². The highest BCUT2D eigenvalue weighted by atomic mass is 16.1. The van der Waals surface area contributed by atoms with E-state index in [0.717, 1.165) is 38.1 Å². The van der Waals surface area contributed by atoms with Gasteiger partial charge in [-0.1, -0.05) is 25.1 Å². The zero-order chi connectivity index (χ0) is 19.7. The number of fused-ring (bicyclic) bond motifs is 1. The quantitative estimate of drug-likeness (QED) is 0.733. The maximum atomic E-state index is 12.9. The highest BCUT2D eigenvalue weighted by Gasteiger charge is 2.20. The van der Waals surface area contributed by atoms with E-state index in [0.29, 0.717) is 17.0 Å². The van der Waals surface area contributed by atoms with Crippen LogP contribution in [0.25, 0.3) is 10.8 Å². The summed E-state index contributed by atoms with van der Waals surface area (Å²) in [6.07, 6.45) is 1.67. The molecule has 146 valence electrons. The van der Waals surface area contributed by atoms with Crippen LogP contribution in [-0.2, 0) is 0 Å². The lowest BCUT2D eigenvalue weighted by atomic mass is 10.2. The van der Waals surface area contributed by atoms with Crippen molar-refractivity contribution in [2.45, 2.75) is 19.9 Å². The third-order valence-corrected chi connectivity index (χ3v) is 5.38. The highest BCUT2D eigenvalue weighted by molar-refractivity contribution is 5.80. The first kappa shape index (κ1) is 18.4. The first-order valence-electron chi connectivity index (χ1n) is 9.62. The zero-order valence-electron chi connectivity index (χ0n) is 16.1. The lowest BCUT2D eigenvalue weighted by molar-refractivity contribution is 0.269. The van der Waals surface area contributed by atoms with Crippen molar-refractivity contribution in [2.24, 2.45) is 0 Å². The topological polar surface area (TPSA) is 87.1 Å². The maximum absolute atomic E-state index is 12.9. The van der Waals surface area contributed by atoms with Gasteiger partial charge in [0.15, 0.2) is 0 Å². The molecule has 8 heteroatoms. The number of hydrogen-bond acceptors (Lipinski definition) is 6. The van der Waals surface area contributed by atoms with Gasteiger partial charge in [0.2, 0.25) is 5.95 Å². The largest absolute Gasteiger partial charge is 0.340 e. The van der Waals surface area contributed by atoms with Gasteiger partial charge in [-0.25, -0.2) is 9.67 Å². The fraction of sp³-hybridized carbons (Fsp3) is 0.400. The number of piperazine rings is 1. The first-order chi connectivity index (χ1) is 13.6. The van der Waals surface area contributed by atoms with Gasteiger partial charge in [0.25, 0.3) is 11.1 Å². The van der Waals surface area contributed by atoms with Crippen LogP contribution in [0, 0.1) is 0 Å². The van der Waals surface area contributed by atoms with Crippen molar-refractivity contribution >= 4 is 16.7 Å². The Hall–Kier alpha value is -3.00. The van der Waals surface area contributed by atoms with Gasteiger partial charge in [0.1, 0.15) is 0 Å². The fourth-order valence-electron chi connectivity index (χ4n) is 3.61. The Bertz CT molecular complexity index is 1100. The molecule has 28 heavy (non-hydrogen) atoms. The third kappa shape index (κ3) is 3.43. The van der Waals surface area contributed by atoms with Gasteiger partial charge < -0.3 is 9.80 Å². The smallest absolute Gasteiger partial charge is 0.275 e. The molecular weight excluding hydrogens is 356 g/mol. The molecule has 1 atom stereocenters. The predicted octanol–water partition coefficient (Wildman–Crippen LogP) is 1.23. The van der Waals surface area contributed by atoms with Crippen LogP contribution in [0.3, 0.4) is 0 Å². The van der Waals surface area contributed by atoms with E-state index in [1.54, 1.807) is 12.3 Å². The molecule has 0 amide bonds. The lowest BCUT2D eigenvalue weighted by Gasteiger charge is -2.34. The third-order valence-electron chi connectivity index (χ3n) is 5.38. The van der Waals surface area contributed by atoms with Gasteiger partial charge in [-0.2, -0.15) is 5.10 Å². The number of benzene rings is 1. The Kier molecular flexibility index (Phi) is 4.95. The van der Waals surface area contributed by atoms with E-state index in [-0.39, 0.29) is 11.1 Å². The summed E-state index contributed by atoms with van der Waals surface area (Å²) < 4.78 is 1.39. The normalized spacial score (nSPS) is 16.4. The number of aromatic nitrogens is 4. The SMILES string of the molecule is CCN1CCN(c2nc([C@@H](C)n3ncc4ccccc4c3=O)cc(=O)[nH]2)CC1. The number of likely N-dealkylation sites (N-methyl/N-ethyl adjacent to an activating group) is 1. The molecule has 1 aliphatic heterocycles. The Labute approximate surface area is 162 Å². The van der Waals surface area contributed by atoms with Crippen LogP contribution >= 0.6 is 0 Å². The molecule has 8 nitrogen and oxygen atoms in total. The van der Waals surface area contributed by atoms with E-state index in [9.17, 15) is 9.59 Å². The van der Waals surface area contributed by atoms with Crippen molar-refractivity contribution in [2.75, 3.05) is 37.6 Å². The lowest BCUT2D eigenvalue weighted by Crippen LogP contribution is -2.47. The van der Waals surface area contributed by atoms with Gasteiger partial charge in [-0.3, -0.25) is 14.6 Å². The van der Waals surface area contributed by atoms with Crippen molar-refractivity contribution in [3.05, 3.63) is 62.9 Å². The van der Waals surface area contributed by atoms with Crippen LogP contribution < -0.4 is 16.0 Å². The Morgan fingerprint density at radius 1 is 1.14 bits per heavy atom. The van der Waals surface area contributed by atoms with E-state index in [4.69, 9.17) is 0 Å².